The highest BCUT2D eigenvalue weighted by Gasteiger charge is 2.53. The summed E-state index contributed by atoms with van der Waals surface area (Å²) in [7, 11) is 0. The lowest BCUT2D eigenvalue weighted by atomic mass is 9.79. The molecule has 0 spiro atoms. The Hall–Kier alpha value is -1.89. The predicted molar refractivity (Wildman–Crippen MR) is 83.4 cm³/mol. The maximum Gasteiger partial charge on any atom is 0.325 e. The van der Waals surface area contributed by atoms with Crippen LogP contribution in [0.4, 0.5) is 4.79 Å². The van der Waals surface area contributed by atoms with E-state index in [1.165, 1.54) is 4.90 Å². The molecule has 2 fully saturated rings. The summed E-state index contributed by atoms with van der Waals surface area (Å²) in [5.74, 6) is -0.00543. The first-order valence-corrected chi connectivity index (χ1v) is 8.19. The zero-order valence-electron chi connectivity index (χ0n) is 13.9. The van der Waals surface area contributed by atoms with Crippen LogP contribution in [0.1, 0.15) is 39.3 Å². The molecule has 0 saturated carbocycles. The van der Waals surface area contributed by atoms with Gasteiger partial charge in [0.25, 0.3) is 5.91 Å². The molecule has 1 aromatic heterocycles. The highest BCUT2D eigenvalue weighted by Crippen LogP contribution is 2.33. The molecule has 1 aromatic rings. The van der Waals surface area contributed by atoms with E-state index in [1.54, 1.807) is 6.26 Å². The number of carbonyl (C=O) groups excluding carboxylic acids is 2. The van der Waals surface area contributed by atoms with E-state index in [0.717, 1.165) is 31.6 Å². The summed E-state index contributed by atoms with van der Waals surface area (Å²) in [5, 5.41) is 6.89. The highest BCUT2D eigenvalue weighted by atomic mass is 16.5. The van der Waals surface area contributed by atoms with Crippen LogP contribution in [0.25, 0.3) is 0 Å². The molecule has 2 aliphatic rings. The van der Waals surface area contributed by atoms with Crippen LogP contribution in [0, 0.1) is 5.92 Å². The molecular formula is C16H24N4O3. The van der Waals surface area contributed by atoms with Gasteiger partial charge in [-0.3, -0.25) is 14.6 Å². The monoisotopic (exact) mass is 320 g/mol. The number of aromatic nitrogens is 1. The Labute approximate surface area is 136 Å². The first-order chi connectivity index (χ1) is 10.9. The third-order valence-electron chi connectivity index (χ3n) is 4.96. The van der Waals surface area contributed by atoms with Gasteiger partial charge in [0.15, 0.2) is 0 Å². The van der Waals surface area contributed by atoms with E-state index in [1.807, 2.05) is 26.8 Å². The van der Waals surface area contributed by atoms with Crippen LogP contribution in [0.3, 0.4) is 0 Å². The maximum atomic E-state index is 12.8. The van der Waals surface area contributed by atoms with Crippen molar-refractivity contribution >= 4 is 11.9 Å². The molecule has 3 amide bonds. The fourth-order valence-electron chi connectivity index (χ4n) is 3.64. The summed E-state index contributed by atoms with van der Waals surface area (Å²) < 4.78 is 4.88. The van der Waals surface area contributed by atoms with Crippen molar-refractivity contribution in [2.24, 2.45) is 5.92 Å². The Kier molecular flexibility index (Phi) is 4.14. The Morgan fingerprint density at radius 3 is 2.87 bits per heavy atom. The standard InChI is InChI=1S/C16H24N4O3/c1-11(2)20-14(21)16(3,17-15(20)22)12-5-4-7-19(9-12)10-13-6-8-23-18-13/h6,8,11-12H,4-5,7,9-10H2,1-3H3,(H,17,22)/t12-,16-/m0/s1. The lowest BCUT2D eigenvalue weighted by Crippen LogP contribution is -2.56. The number of carbonyl (C=O) groups is 2. The van der Waals surface area contributed by atoms with Crippen molar-refractivity contribution in [3.05, 3.63) is 18.0 Å². The van der Waals surface area contributed by atoms with Gasteiger partial charge in [0.05, 0.1) is 5.69 Å². The number of hydrogen-bond donors (Lipinski definition) is 1. The molecule has 0 aliphatic carbocycles. The number of piperidine rings is 1. The number of nitrogens with zero attached hydrogens (tertiary/aromatic N) is 3. The van der Waals surface area contributed by atoms with Crippen LogP contribution < -0.4 is 5.32 Å². The summed E-state index contributed by atoms with van der Waals surface area (Å²) in [6.07, 6.45) is 3.51. The molecule has 2 atom stereocenters. The van der Waals surface area contributed by atoms with E-state index < -0.39 is 5.54 Å². The summed E-state index contributed by atoms with van der Waals surface area (Å²) in [5.41, 5.74) is 0.0746. The first-order valence-electron chi connectivity index (χ1n) is 8.19. The second-order valence-corrected chi connectivity index (χ2v) is 6.97. The molecule has 7 heteroatoms. The fraction of sp³-hybridized carbons (Fsp3) is 0.688. The third-order valence-corrected chi connectivity index (χ3v) is 4.96. The fourth-order valence-corrected chi connectivity index (χ4v) is 3.64. The number of nitrogens with one attached hydrogen (secondary N) is 1. The van der Waals surface area contributed by atoms with E-state index in [4.69, 9.17) is 4.52 Å². The molecule has 2 saturated heterocycles. The Bertz CT molecular complexity index is 586. The van der Waals surface area contributed by atoms with Crippen molar-refractivity contribution in [1.29, 1.82) is 0 Å². The first kappa shape index (κ1) is 16.0. The average Bonchev–Trinajstić information content (AvgIpc) is 3.07. The number of urea groups is 1. The third kappa shape index (κ3) is 2.85. The minimum Gasteiger partial charge on any atom is -0.364 e. The quantitative estimate of drug-likeness (QED) is 0.853. The van der Waals surface area contributed by atoms with Gasteiger partial charge >= 0.3 is 6.03 Å². The van der Waals surface area contributed by atoms with Gasteiger partial charge in [-0.25, -0.2) is 4.79 Å². The van der Waals surface area contributed by atoms with Crippen LogP contribution in [0.2, 0.25) is 0 Å². The van der Waals surface area contributed by atoms with Crippen molar-refractivity contribution in [2.75, 3.05) is 13.1 Å². The predicted octanol–water partition coefficient (Wildman–Crippen LogP) is 1.61. The molecule has 126 valence electrons. The summed E-state index contributed by atoms with van der Waals surface area (Å²) >= 11 is 0. The van der Waals surface area contributed by atoms with E-state index in [9.17, 15) is 9.59 Å². The van der Waals surface area contributed by atoms with Gasteiger partial charge in [0.1, 0.15) is 11.8 Å². The molecule has 3 heterocycles. The summed E-state index contributed by atoms with van der Waals surface area (Å²) in [4.78, 5) is 28.6. The lowest BCUT2D eigenvalue weighted by molar-refractivity contribution is -0.134. The highest BCUT2D eigenvalue weighted by molar-refractivity contribution is 6.07. The molecule has 0 aromatic carbocycles. The number of hydrogen-bond acceptors (Lipinski definition) is 5. The number of amides is 3. The van der Waals surface area contributed by atoms with E-state index in [2.05, 4.69) is 15.4 Å². The molecule has 23 heavy (non-hydrogen) atoms. The molecule has 1 N–H and O–H groups in total. The SMILES string of the molecule is CC(C)N1C(=O)N[C@@](C)([C@H]2CCCN(Cc3ccon3)C2)C1=O. The molecule has 0 bridgehead atoms. The lowest BCUT2D eigenvalue weighted by Gasteiger charge is -2.39. The van der Waals surface area contributed by atoms with Gasteiger partial charge in [-0.2, -0.15) is 0 Å². The molecule has 3 rings (SSSR count). The van der Waals surface area contributed by atoms with E-state index in [0.29, 0.717) is 6.54 Å². The topological polar surface area (TPSA) is 78.7 Å². The van der Waals surface area contributed by atoms with Crippen LogP contribution in [0.15, 0.2) is 16.9 Å². The Balaban J connectivity index is 1.73. The Morgan fingerprint density at radius 1 is 1.48 bits per heavy atom. The van der Waals surface area contributed by atoms with E-state index >= 15 is 0 Å². The zero-order valence-corrected chi connectivity index (χ0v) is 13.9. The van der Waals surface area contributed by atoms with Gasteiger partial charge in [0, 0.05) is 31.1 Å². The summed E-state index contributed by atoms with van der Waals surface area (Å²) in [6.45, 7) is 8.03. The van der Waals surface area contributed by atoms with Gasteiger partial charge in [-0.1, -0.05) is 5.16 Å². The normalized spacial score (nSPS) is 29.4. The molecule has 0 unspecified atom stereocenters. The van der Waals surface area contributed by atoms with Crippen molar-refractivity contribution < 1.29 is 14.1 Å². The Morgan fingerprint density at radius 2 is 2.26 bits per heavy atom. The van der Waals surface area contributed by atoms with Crippen LogP contribution in [-0.4, -0.2) is 51.6 Å². The molecule has 0 radical (unpaired) electrons. The van der Waals surface area contributed by atoms with Crippen molar-refractivity contribution in [3.8, 4) is 0 Å². The van der Waals surface area contributed by atoms with Gasteiger partial charge in [0.2, 0.25) is 0 Å². The van der Waals surface area contributed by atoms with E-state index in [-0.39, 0.29) is 23.9 Å². The smallest absolute Gasteiger partial charge is 0.325 e. The molecular weight excluding hydrogens is 296 g/mol. The minimum atomic E-state index is -0.816. The largest absolute Gasteiger partial charge is 0.364 e. The van der Waals surface area contributed by atoms with Crippen molar-refractivity contribution in [2.45, 2.75) is 51.7 Å². The van der Waals surface area contributed by atoms with Crippen LogP contribution >= 0.6 is 0 Å². The maximum absolute atomic E-state index is 12.8. The van der Waals surface area contributed by atoms with Crippen LogP contribution in [-0.2, 0) is 11.3 Å². The van der Waals surface area contributed by atoms with Crippen LogP contribution in [0.5, 0.6) is 0 Å². The second-order valence-electron chi connectivity index (χ2n) is 6.97. The van der Waals surface area contributed by atoms with Gasteiger partial charge < -0.3 is 9.84 Å². The number of likely N-dealkylation sites (tertiary alicyclic amines) is 1. The van der Waals surface area contributed by atoms with Crippen molar-refractivity contribution in [3.63, 3.8) is 0 Å². The van der Waals surface area contributed by atoms with Crippen molar-refractivity contribution in [1.82, 2.24) is 20.3 Å². The average molecular weight is 320 g/mol. The molecule has 2 aliphatic heterocycles. The minimum absolute atomic E-state index is 0.100. The van der Waals surface area contributed by atoms with Gasteiger partial charge in [-0.05, 0) is 40.2 Å². The number of imide groups is 1. The van der Waals surface area contributed by atoms with Gasteiger partial charge in [-0.15, -0.1) is 0 Å². The summed E-state index contributed by atoms with van der Waals surface area (Å²) in [6, 6.07) is 1.45. The number of rotatable bonds is 4. The molecule has 7 nitrogen and oxygen atoms in total. The zero-order chi connectivity index (χ0) is 16.6. The second kappa shape index (κ2) is 5.96.